The molecule has 0 heterocycles. The smallest absolute Gasteiger partial charge is 0.236 e. The second-order valence-electron chi connectivity index (χ2n) is 4.14. The van der Waals surface area contributed by atoms with Gasteiger partial charge in [-0.2, -0.15) is 5.26 Å². The van der Waals surface area contributed by atoms with Gasteiger partial charge in [-0.3, -0.25) is 4.79 Å². The maximum absolute atomic E-state index is 11.6. The second kappa shape index (κ2) is 7.39. The third-order valence-electron chi connectivity index (χ3n) is 2.75. The number of nitrogens with zero attached hydrogens (tertiary/aromatic N) is 1. The van der Waals surface area contributed by atoms with Crippen LogP contribution in [0.2, 0.25) is 0 Å². The van der Waals surface area contributed by atoms with Crippen LogP contribution in [0.4, 0.5) is 0 Å². The van der Waals surface area contributed by atoms with Crippen molar-refractivity contribution in [2.75, 3.05) is 13.7 Å². The molecule has 1 unspecified atom stereocenters. The van der Waals surface area contributed by atoms with Crippen LogP contribution < -0.4 is 15.4 Å². The van der Waals surface area contributed by atoms with Crippen LogP contribution in [-0.2, 0) is 11.3 Å². The fourth-order valence-corrected chi connectivity index (χ4v) is 1.67. The molecule has 19 heavy (non-hydrogen) atoms. The van der Waals surface area contributed by atoms with Crippen LogP contribution in [0.1, 0.15) is 25.0 Å². The van der Waals surface area contributed by atoms with Crippen molar-refractivity contribution in [2.45, 2.75) is 26.4 Å². The summed E-state index contributed by atoms with van der Waals surface area (Å²) in [6.07, 6.45) is 0. The number of hydrogen-bond donors (Lipinski definition) is 2. The van der Waals surface area contributed by atoms with Crippen molar-refractivity contribution in [3.8, 4) is 11.8 Å². The van der Waals surface area contributed by atoms with E-state index in [0.717, 1.165) is 5.56 Å². The molecule has 0 bridgehead atoms. The van der Waals surface area contributed by atoms with Crippen molar-refractivity contribution in [3.63, 3.8) is 0 Å². The third-order valence-corrected chi connectivity index (χ3v) is 2.75. The van der Waals surface area contributed by atoms with E-state index in [2.05, 4.69) is 16.7 Å². The molecule has 1 amide bonds. The molecular weight excluding hydrogens is 242 g/mol. The first-order valence-electron chi connectivity index (χ1n) is 6.20. The quantitative estimate of drug-likeness (QED) is 0.806. The Kier molecular flexibility index (Phi) is 5.83. The lowest BCUT2D eigenvalue weighted by atomic mass is 10.1. The highest BCUT2D eigenvalue weighted by molar-refractivity contribution is 5.81. The standard InChI is InChI=1S/C14H19N3O2/c1-4-16-14(18)10(2)17-9-12-7-11(8-15)5-6-13(12)19-3/h5-7,10,17H,4,9H2,1-3H3,(H,16,18). The largest absolute Gasteiger partial charge is 0.496 e. The Morgan fingerprint density at radius 3 is 2.84 bits per heavy atom. The van der Waals surface area contributed by atoms with E-state index in [-0.39, 0.29) is 11.9 Å². The van der Waals surface area contributed by atoms with Crippen molar-refractivity contribution in [3.05, 3.63) is 29.3 Å². The summed E-state index contributed by atoms with van der Waals surface area (Å²) in [7, 11) is 1.58. The average Bonchev–Trinajstić information content (AvgIpc) is 2.44. The third kappa shape index (κ3) is 4.27. The lowest BCUT2D eigenvalue weighted by molar-refractivity contribution is -0.122. The summed E-state index contributed by atoms with van der Waals surface area (Å²) in [5.41, 5.74) is 1.43. The highest BCUT2D eigenvalue weighted by Crippen LogP contribution is 2.19. The summed E-state index contributed by atoms with van der Waals surface area (Å²) in [4.78, 5) is 11.6. The Balaban J connectivity index is 2.71. The molecule has 102 valence electrons. The number of carbonyl (C=O) groups is 1. The highest BCUT2D eigenvalue weighted by atomic mass is 16.5. The van der Waals surface area contributed by atoms with Crippen LogP contribution in [0.25, 0.3) is 0 Å². The van der Waals surface area contributed by atoms with Gasteiger partial charge < -0.3 is 15.4 Å². The molecule has 0 aliphatic heterocycles. The molecule has 1 atom stereocenters. The van der Waals surface area contributed by atoms with E-state index in [9.17, 15) is 4.79 Å². The summed E-state index contributed by atoms with van der Waals surface area (Å²) in [5, 5.41) is 14.7. The van der Waals surface area contributed by atoms with E-state index >= 15 is 0 Å². The molecular formula is C14H19N3O2. The Bertz CT molecular complexity index is 480. The molecule has 0 aliphatic rings. The van der Waals surface area contributed by atoms with Gasteiger partial charge in [0.15, 0.2) is 0 Å². The maximum atomic E-state index is 11.6. The number of nitrogens with one attached hydrogen (secondary N) is 2. The monoisotopic (exact) mass is 261 g/mol. The Hall–Kier alpha value is -2.06. The minimum Gasteiger partial charge on any atom is -0.496 e. The van der Waals surface area contributed by atoms with Gasteiger partial charge in [0.1, 0.15) is 5.75 Å². The predicted octanol–water partition coefficient (Wildman–Crippen LogP) is 1.18. The molecule has 0 aromatic heterocycles. The van der Waals surface area contributed by atoms with Gasteiger partial charge in [-0.05, 0) is 32.0 Å². The van der Waals surface area contributed by atoms with Gasteiger partial charge in [0.25, 0.3) is 0 Å². The highest BCUT2D eigenvalue weighted by Gasteiger charge is 2.12. The van der Waals surface area contributed by atoms with E-state index in [1.165, 1.54) is 0 Å². The molecule has 1 rings (SSSR count). The predicted molar refractivity (Wildman–Crippen MR) is 72.7 cm³/mol. The van der Waals surface area contributed by atoms with Crippen molar-refractivity contribution >= 4 is 5.91 Å². The fraction of sp³-hybridized carbons (Fsp3) is 0.429. The molecule has 0 spiro atoms. The van der Waals surface area contributed by atoms with Gasteiger partial charge in [0.05, 0.1) is 24.8 Å². The molecule has 1 aromatic carbocycles. The maximum Gasteiger partial charge on any atom is 0.236 e. The minimum atomic E-state index is -0.296. The van der Waals surface area contributed by atoms with Crippen molar-refractivity contribution in [1.29, 1.82) is 5.26 Å². The van der Waals surface area contributed by atoms with E-state index < -0.39 is 0 Å². The van der Waals surface area contributed by atoms with Crippen LogP contribution >= 0.6 is 0 Å². The Labute approximate surface area is 113 Å². The Morgan fingerprint density at radius 1 is 1.53 bits per heavy atom. The SMILES string of the molecule is CCNC(=O)C(C)NCc1cc(C#N)ccc1OC. The minimum absolute atomic E-state index is 0.0436. The van der Waals surface area contributed by atoms with Gasteiger partial charge >= 0.3 is 0 Å². The average molecular weight is 261 g/mol. The molecule has 5 nitrogen and oxygen atoms in total. The van der Waals surface area contributed by atoms with Crippen molar-refractivity contribution < 1.29 is 9.53 Å². The van der Waals surface area contributed by atoms with E-state index in [4.69, 9.17) is 10.00 Å². The number of hydrogen-bond acceptors (Lipinski definition) is 4. The fourth-order valence-electron chi connectivity index (χ4n) is 1.67. The van der Waals surface area contributed by atoms with Crippen LogP contribution in [0, 0.1) is 11.3 Å². The van der Waals surface area contributed by atoms with Crippen LogP contribution in [-0.4, -0.2) is 25.6 Å². The number of carbonyl (C=O) groups excluding carboxylic acids is 1. The summed E-state index contributed by atoms with van der Waals surface area (Å²) >= 11 is 0. The molecule has 0 saturated heterocycles. The summed E-state index contributed by atoms with van der Waals surface area (Å²) in [6.45, 7) is 4.75. The first kappa shape index (κ1) is 15.0. The number of rotatable bonds is 6. The van der Waals surface area contributed by atoms with Crippen LogP contribution in [0.3, 0.4) is 0 Å². The molecule has 0 fully saturated rings. The normalized spacial score (nSPS) is 11.5. The molecule has 0 radical (unpaired) electrons. The molecule has 0 saturated carbocycles. The number of ether oxygens (including phenoxy) is 1. The van der Waals surface area contributed by atoms with Gasteiger partial charge in [-0.15, -0.1) is 0 Å². The number of benzene rings is 1. The molecule has 5 heteroatoms. The molecule has 2 N–H and O–H groups in total. The lowest BCUT2D eigenvalue weighted by Gasteiger charge is -2.15. The Morgan fingerprint density at radius 2 is 2.26 bits per heavy atom. The second-order valence-corrected chi connectivity index (χ2v) is 4.14. The zero-order valence-corrected chi connectivity index (χ0v) is 11.5. The molecule has 1 aromatic rings. The van der Waals surface area contributed by atoms with Gasteiger partial charge in [-0.25, -0.2) is 0 Å². The topological polar surface area (TPSA) is 74.2 Å². The van der Waals surface area contributed by atoms with Gasteiger partial charge in [-0.1, -0.05) is 0 Å². The number of nitriles is 1. The summed E-state index contributed by atoms with van der Waals surface area (Å²) in [6, 6.07) is 7.01. The van der Waals surface area contributed by atoms with E-state index in [0.29, 0.717) is 24.4 Å². The number of amides is 1. The summed E-state index contributed by atoms with van der Waals surface area (Å²) in [5.74, 6) is 0.660. The first-order valence-corrected chi connectivity index (χ1v) is 6.20. The van der Waals surface area contributed by atoms with Gasteiger partial charge in [0, 0.05) is 18.7 Å². The van der Waals surface area contributed by atoms with E-state index in [1.54, 1.807) is 32.2 Å². The molecule has 0 aliphatic carbocycles. The van der Waals surface area contributed by atoms with Crippen LogP contribution in [0.5, 0.6) is 5.75 Å². The first-order chi connectivity index (χ1) is 9.12. The zero-order chi connectivity index (χ0) is 14.3. The number of likely N-dealkylation sites (N-methyl/N-ethyl adjacent to an activating group) is 1. The lowest BCUT2D eigenvalue weighted by Crippen LogP contribution is -2.41. The van der Waals surface area contributed by atoms with Crippen molar-refractivity contribution in [2.24, 2.45) is 0 Å². The summed E-state index contributed by atoms with van der Waals surface area (Å²) < 4.78 is 5.24. The van der Waals surface area contributed by atoms with Crippen LogP contribution in [0.15, 0.2) is 18.2 Å². The van der Waals surface area contributed by atoms with E-state index in [1.807, 2.05) is 6.92 Å². The zero-order valence-electron chi connectivity index (χ0n) is 11.5. The number of methoxy groups -OCH3 is 1. The van der Waals surface area contributed by atoms with Gasteiger partial charge in [0.2, 0.25) is 5.91 Å². The van der Waals surface area contributed by atoms with Crippen molar-refractivity contribution in [1.82, 2.24) is 10.6 Å².